The van der Waals surface area contributed by atoms with Crippen molar-refractivity contribution in [1.82, 2.24) is 4.90 Å². The van der Waals surface area contributed by atoms with Crippen LogP contribution in [0.5, 0.6) is 11.5 Å². The number of carbonyl (C=O) groups excluding carboxylic acids is 1. The Hall–Kier alpha value is -3.67. The van der Waals surface area contributed by atoms with Crippen molar-refractivity contribution in [2.24, 2.45) is 5.14 Å². The molecular weight excluding hydrogens is 402 g/mol. The predicted octanol–water partition coefficient (Wildman–Crippen LogP) is 3.37. The summed E-state index contributed by atoms with van der Waals surface area (Å²) >= 11 is 0. The van der Waals surface area contributed by atoms with Gasteiger partial charge < -0.3 is 9.64 Å². The Morgan fingerprint density at radius 1 is 1.00 bits per heavy atom. The lowest BCUT2D eigenvalue weighted by Gasteiger charge is -2.12. The predicted molar refractivity (Wildman–Crippen MR) is 112 cm³/mol. The first-order valence-corrected chi connectivity index (χ1v) is 10.4. The zero-order valence-electron chi connectivity index (χ0n) is 16.4. The summed E-state index contributed by atoms with van der Waals surface area (Å²) in [5, 5.41) is 14.3. The molecule has 0 atom stereocenters. The highest BCUT2D eigenvalue weighted by atomic mass is 32.2. The van der Waals surface area contributed by atoms with Gasteiger partial charge in [0.1, 0.15) is 16.4 Å². The molecule has 0 saturated heterocycles. The van der Waals surface area contributed by atoms with Gasteiger partial charge in [0, 0.05) is 19.7 Å². The number of rotatable bonds is 5. The second-order valence-corrected chi connectivity index (χ2v) is 8.25. The maximum atomic E-state index is 12.0. The largest absolute Gasteiger partial charge is 0.456 e. The minimum atomic E-state index is -4.08. The van der Waals surface area contributed by atoms with Crippen LogP contribution in [0.2, 0.25) is 0 Å². The Morgan fingerprint density at radius 3 is 2.30 bits per heavy atom. The first-order chi connectivity index (χ1) is 14.2. The van der Waals surface area contributed by atoms with Gasteiger partial charge in [-0.05, 0) is 53.6 Å². The second kappa shape index (κ2) is 8.37. The summed E-state index contributed by atoms with van der Waals surface area (Å²) in [6.07, 6.45) is 0. The normalized spacial score (nSPS) is 10.9. The van der Waals surface area contributed by atoms with Crippen molar-refractivity contribution < 1.29 is 17.9 Å². The number of nitrogens with zero attached hydrogens (tertiary/aromatic N) is 2. The maximum Gasteiger partial charge on any atom is 0.253 e. The molecule has 30 heavy (non-hydrogen) atoms. The van der Waals surface area contributed by atoms with Gasteiger partial charge in [-0.2, -0.15) is 5.26 Å². The van der Waals surface area contributed by atoms with Crippen LogP contribution in [0.3, 0.4) is 0 Å². The molecule has 3 rings (SSSR count). The molecule has 0 aromatic heterocycles. The highest BCUT2D eigenvalue weighted by Gasteiger charge is 2.17. The van der Waals surface area contributed by atoms with E-state index in [1.165, 1.54) is 23.1 Å². The molecule has 0 aliphatic carbocycles. The number of carbonyl (C=O) groups is 1. The fraction of sp³-hybridized carbons (Fsp3) is 0.0909. The topological polar surface area (TPSA) is 113 Å². The number of nitrogens with two attached hydrogens (primary N) is 1. The van der Waals surface area contributed by atoms with E-state index in [1.807, 2.05) is 24.3 Å². The molecule has 0 unspecified atom stereocenters. The fourth-order valence-corrected chi connectivity index (χ4v) is 3.50. The van der Waals surface area contributed by atoms with E-state index >= 15 is 0 Å². The maximum absolute atomic E-state index is 12.0. The number of primary sulfonamides is 1. The SMILES string of the molecule is CN(C)C(=O)c1ccc(-c2cccc(Oc3ccc(C#N)cc3S(N)(=O)=O)c2)cc1. The summed E-state index contributed by atoms with van der Waals surface area (Å²) < 4.78 is 29.5. The molecule has 0 heterocycles. The van der Waals surface area contributed by atoms with Gasteiger partial charge >= 0.3 is 0 Å². The average molecular weight is 421 g/mol. The zero-order valence-corrected chi connectivity index (χ0v) is 17.2. The summed E-state index contributed by atoms with van der Waals surface area (Å²) in [7, 11) is -0.700. The van der Waals surface area contributed by atoms with Gasteiger partial charge in [-0.25, -0.2) is 13.6 Å². The van der Waals surface area contributed by atoms with Crippen LogP contribution in [0.25, 0.3) is 11.1 Å². The minimum absolute atomic E-state index is 0.0283. The summed E-state index contributed by atoms with van der Waals surface area (Å²) in [6, 6.07) is 20.1. The molecule has 0 fully saturated rings. The van der Waals surface area contributed by atoms with Crippen molar-refractivity contribution in [2.45, 2.75) is 4.90 Å². The molecule has 152 valence electrons. The van der Waals surface area contributed by atoms with Gasteiger partial charge in [0.05, 0.1) is 11.6 Å². The molecule has 3 aromatic carbocycles. The molecule has 0 aliphatic heterocycles. The van der Waals surface area contributed by atoms with Crippen LogP contribution < -0.4 is 9.88 Å². The molecule has 1 amide bonds. The van der Waals surface area contributed by atoms with E-state index < -0.39 is 10.0 Å². The van der Waals surface area contributed by atoms with Gasteiger partial charge in [-0.15, -0.1) is 0 Å². The van der Waals surface area contributed by atoms with E-state index in [2.05, 4.69) is 0 Å². The van der Waals surface area contributed by atoms with E-state index in [9.17, 15) is 13.2 Å². The van der Waals surface area contributed by atoms with Crippen molar-refractivity contribution in [3.8, 4) is 28.7 Å². The van der Waals surface area contributed by atoms with Crippen LogP contribution >= 0.6 is 0 Å². The monoisotopic (exact) mass is 421 g/mol. The molecule has 0 bridgehead atoms. The van der Waals surface area contributed by atoms with Crippen LogP contribution in [-0.2, 0) is 10.0 Å². The van der Waals surface area contributed by atoms with Crippen LogP contribution in [-0.4, -0.2) is 33.3 Å². The first kappa shape index (κ1) is 21.0. The van der Waals surface area contributed by atoms with Crippen LogP contribution in [0.1, 0.15) is 15.9 Å². The number of ether oxygens (including phenoxy) is 1. The zero-order chi connectivity index (χ0) is 21.9. The van der Waals surface area contributed by atoms with Crippen molar-refractivity contribution in [2.75, 3.05) is 14.1 Å². The summed E-state index contributed by atoms with van der Waals surface area (Å²) in [6.45, 7) is 0. The number of nitriles is 1. The lowest BCUT2D eigenvalue weighted by molar-refractivity contribution is 0.0827. The lowest BCUT2D eigenvalue weighted by atomic mass is 10.0. The van der Waals surface area contributed by atoms with Crippen LogP contribution in [0.4, 0.5) is 0 Å². The minimum Gasteiger partial charge on any atom is -0.456 e. The fourth-order valence-electron chi connectivity index (χ4n) is 2.81. The lowest BCUT2D eigenvalue weighted by Crippen LogP contribution is -2.21. The molecule has 0 aliphatic rings. The highest BCUT2D eigenvalue weighted by molar-refractivity contribution is 7.89. The second-order valence-electron chi connectivity index (χ2n) is 6.73. The smallest absolute Gasteiger partial charge is 0.253 e. The molecule has 8 heteroatoms. The van der Waals surface area contributed by atoms with Crippen molar-refractivity contribution in [1.29, 1.82) is 5.26 Å². The molecule has 0 radical (unpaired) electrons. The summed E-state index contributed by atoms with van der Waals surface area (Å²) in [4.78, 5) is 13.3. The summed E-state index contributed by atoms with van der Waals surface area (Å²) in [5.74, 6) is 0.339. The first-order valence-electron chi connectivity index (χ1n) is 8.86. The molecule has 3 aromatic rings. The van der Waals surface area contributed by atoms with Crippen molar-refractivity contribution in [3.63, 3.8) is 0 Å². The Balaban J connectivity index is 1.92. The van der Waals surface area contributed by atoms with E-state index in [0.29, 0.717) is 11.3 Å². The van der Waals surface area contributed by atoms with Crippen LogP contribution in [0, 0.1) is 11.3 Å². The number of benzene rings is 3. The molecular formula is C22H19N3O4S. The third-order valence-corrected chi connectivity index (χ3v) is 5.24. The van der Waals surface area contributed by atoms with Gasteiger partial charge in [0.15, 0.2) is 0 Å². The number of hydrogen-bond donors (Lipinski definition) is 1. The standard InChI is InChI=1S/C22H19N3O4S/c1-25(2)22(26)17-9-7-16(8-10-17)18-4-3-5-19(13-18)29-20-11-6-15(14-23)12-21(20)30(24,27)28/h3-13H,1-2H3,(H2,24,27,28). The number of amides is 1. The Kier molecular flexibility index (Phi) is 5.87. The molecule has 2 N–H and O–H groups in total. The third-order valence-electron chi connectivity index (χ3n) is 4.31. The van der Waals surface area contributed by atoms with E-state index in [4.69, 9.17) is 15.1 Å². The Labute approximate surface area is 175 Å². The van der Waals surface area contributed by atoms with Crippen molar-refractivity contribution in [3.05, 3.63) is 77.9 Å². The third kappa shape index (κ3) is 4.66. The van der Waals surface area contributed by atoms with E-state index in [1.54, 1.807) is 44.4 Å². The van der Waals surface area contributed by atoms with E-state index in [-0.39, 0.29) is 22.1 Å². The van der Waals surface area contributed by atoms with Gasteiger partial charge in [0.2, 0.25) is 10.0 Å². The molecule has 0 spiro atoms. The number of hydrogen-bond acceptors (Lipinski definition) is 5. The Morgan fingerprint density at radius 2 is 1.70 bits per heavy atom. The van der Waals surface area contributed by atoms with Crippen molar-refractivity contribution >= 4 is 15.9 Å². The Bertz CT molecular complexity index is 1240. The quantitative estimate of drug-likeness (QED) is 0.678. The molecule has 7 nitrogen and oxygen atoms in total. The van der Waals surface area contributed by atoms with Gasteiger partial charge in [-0.3, -0.25) is 4.79 Å². The van der Waals surface area contributed by atoms with Crippen LogP contribution in [0.15, 0.2) is 71.6 Å². The number of sulfonamides is 1. The highest BCUT2D eigenvalue weighted by Crippen LogP contribution is 2.31. The van der Waals surface area contributed by atoms with Gasteiger partial charge in [-0.1, -0.05) is 24.3 Å². The summed E-state index contributed by atoms with van der Waals surface area (Å²) in [5.41, 5.74) is 2.42. The van der Waals surface area contributed by atoms with E-state index in [0.717, 1.165) is 11.1 Å². The molecule has 0 saturated carbocycles. The van der Waals surface area contributed by atoms with Gasteiger partial charge in [0.25, 0.3) is 5.91 Å². The average Bonchev–Trinajstić information content (AvgIpc) is 2.73.